The largest absolute Gasteiger partial charge is 0.433 e. The third-order valence-electron chi connectivity index (χ3n) is 4.28. The predicted molar refractivity (Wildman–Crippen MR) is 81.9 cm³/mol. The van der Waals surface area contributed by atoms with Gasteiger partial charge in [0.25, 0.3) is 5.91 Å². The smallest absolute Gasteiger partial charge is 0.345 e. The van der Waals surface area contributed by atoms with E-state index in [0.29, 0.717) is 17.0 Å². The zero-order valence-electron chi connectivity index (χ0n) is 13.5. The van der Waals surface area contributed by atoms with E-state index < -0.39 is 17.4 Å². The number of hydrogen-bond acceptors (Lipinski definition) is 4. The lowest BCUT2D eigenvalue weighted by atomic mass is 9.89. The van der Waals surface area contributed by atoms with Crippen LogP contribution in [0.5, 0.6) is 0 Å². The number of rotatable bonds is 4. The van der Waals surface area contributed by atoms with E-state index in [1.807, 2.05) is 12.2 Å². The molecule has 1 amide bonds. The number of nitrogens with one attached hydrogen (secondary N) is 1. The van der Waals surface area contributed by atoms with Crippen molar-refractivity contribution in [3.63, 3.8) is 0 Å². The molecule has 1 saturated heterocycles. The molecule has 1 atom stereocenters. The number of aromatic nitrogens is 3. The molecule has 9 heteroatoms. The second-order valence-corrected chi connectivity index (χ2v) is 6.17. The molecule has 3 heterocycles. The lowest BCUT2D eigenvalue weighted by Crippen LogP contribution is -3.07. The Hall–Kier alpha value is -2.55. The summed E-state index contributed by atoms with van der Waals surface area (Å²) in [5.74, 6) is -0.0601. The summed E-state index contributed by atoms with van der Waals surface area (Å²) in [5, 5.41) is 4.80. The second kappa shape index (κ2) is 6.40. The fourth-order valence-corrected chi connectivity index (χ4v) is 2.52. The molecule has 1 unspecified atom stereocenters. The lowest BCUT2D eigenvalue weighted by Gasteiger charge is -2.33. The van der Waals surface area contributed by atoms with Gasteiger partial charge in [0.05, 0.1) is 30.9 Å². The summed E-state index contributed by atoms with van der Waals surface area (Å²) < 4.78 is 37.7. The fraction of sp³-hybridized carbons (Fsp3) is 0.375. The van der Waals surface area contributed by atoms with E-state index in [2.05, 4.69) is 20.3 Å². The highest BCUT2D eigenvalue weighted by Crippen LogP contribution is 2.28. The van der Waals surface area contributed by atoms with Gasteiger partial charge in [-0.05, 0) is 18.2 Å². The molecular weight excluding hydrogens is 335 g/mol. The quantitative estimate of drug-likeness (QED) is 0.856. The SMILES string of the molecule is CC1(C(=O)NCc2cc(-c3ccc(C(F)(F)F)nc3)ncn2)CC[NH2+]1. The van der Waals surface area contributed by atoms with Crippen molar-refractivity contribution in [2.75, 3.05) is 6.54 Å². The van der Waals surface area contributed by atoms with Crippen molar-refractivity contribution in [3.8, 4) is 11.3 Å². The molecule has 132 valence electrons. The summed E-state index contributed by atoms with van der Waals surface area (Å²) >= 11 is 0. The zero-order valence-corrected chi connectivity index (χ0v) is 13.5. The molecule has 0 aromatic carbocycles. The first kappa shape index (κ1) is 17.3. The van der Waals surface area contributed by atoms with Gasteiger partial charge in [-0.2, -0.15) is 13.2 Å². The van der Waals surface area contributed by atoms with Crippen LogP contribution in [0, 0.1) is 0 Å². The summed E-state index contributed by atoms with van der Waals surface area (Å²) in [6, 6.07) is 3.84. The number of hydrogen-bond donors (Lipinski definition) is 2. The van der Waals surface area contributed by atoms with Gasteiger partial charge in [0, 0.05) is 18.7 Å². The van der Waals surface area contributed by atoms with Crippen molar-refractivity contribution in [3.05, 3.63) is 42.1 Å². The fourth-order valence-electron chi connectivity index (χ4n) is 2.52. The number of nitrogens with two attached hydrogens (primary N) is 1. The maximum absolute atomic E-state index is 12.6. The van der Waals surface area contributed by atoms with E-state index >= 15 is 0 Å². The van der Waals surface area contributed by atoms with E-state index in [0.717, 1.165) is 25.2 Å². The highest BCUT2D eigenvalue weighted by Gasteiger charge is 2.43. The maximum atomic E-state index is 12.6. The van der Waals surface area contributed by atoms with E-state index in [-0.39, 0.29) is 12.5 Å². The Morgan fingerprint density at radius 2 is 2.08 bits per heavy atom. The summed E-state index contributed by atoms with van der Waals surface area (Å²) in [6.45, 7) is 3.04. The van der Waals surface area contributed by atoms with Crippen molar-refractivity contribution in [1.29, 1.82) is 0 Å². The van der Waals surface area contributed by atoms with Gasteiger partial charge in [-0.1, -0.05) is 0 Å². The van der Waals surface area contributed by atoms with Gasteiger partial charge in [-0.3, -0.25) is 9.78 Å². The number of carbonyl (C=O) groups excluding carboxylic acids is 1. The molecule has 0 bridgehead atoms. The number of carbonyl (C=O) groups is 1. The van der Waals surface area contributed by atoms with Crippen LogP contribution < -0.4 is 10.6 Å². The van der Waals surface area contributed by atoms with Crippen LogP contribution in [0.4, 0.5) is 13.2 Å². The van der Waals surface area contributed by atoms with Gasteiger partial charge in [0.2, 0.25) is 0 Å². The first-order valence-corrected chi connectivity index (χ1v) is 7.75. The van der Waals surface area contributed by atoms with Gasteiger partial charge in [-0.15, -0.1) is 0 Å². The van der Waals surface area contributed by atoms with Gasteiger partial charge in [0.15, 0.2) is 5.54 Å². The maximum Gasteiger partial charge on any atom is 0.433 e. The number of pyridine rings is 1. The average Bonchev–Trinajstić information content (AvgIpc) is 2.57. The molecule has 1 aliphatic heterocycles. The van der Waals surface area contributed by atoms with E-state index in [1.165, 1.54) is 12.4 Å². The number of halogens is 3. The Morgan fingerprint density at radius 1 is 1.32 bits per heavy atom. The summed E-state index contributed by atoms with van der Waals surface area (Å²) in [6.07, 6.45) is -1.22. The van der Waals surface area contributed by atoms with E-state index in [1.54, 1.807) is 6.07 Å². The molecule has 0 saturated carbocycles. The Labute approximate surface area is 141 Å². The third-order valence-corrected chi connectivity index (χ3v) is 4.28. The highest BCUT2D eigenvalue weighted by atomic mass is 19.4. The number of nitrogens with zero attached hydrogens (tertiary/aromatic N) is 3. The van der Waals surface area contributed by atoms with Crippen molar-refractivity contribution >= 4 is 5.91 Å². The normalized spacial score (nSPS) is 20.0. The monoisotopic (exact) mass is 352 g/mol. The summed E-state index contributed by atoms with van der Waals surface area (Å²) in [4.78, 5) is 23.7. The Morgan fingerprint density at radius 3 is 2.64 bits per heavy atom. The highest BCUT2D eigenvalue weighted by molar-refractivity contribution is 5.84. The van der Waals surface area contributed by atoms with Crippen molar-refractivity contribution < 1.29 is 23.3 Å². The molecule has 0 radical (unpaired) electrons. The van der Waals surface area contributed by atoms with Crippen LogP contribution in [0.25, 0.3) is 11.3 Å². The first-order chi connectivity index (χ1) is 11.8. The standard InChI is InChI=1S/C16H16F3N5O/c1-15(4-5-24-15)14(25)21-8-11-6-12(23-9-22-11)10-2-3-13(20-7-10)16(17,18)19/h2-3,6-7,9,24H,4-5,8H2,1H3,(H,21,25)/p+1. The average molecular weight is 352 g/mol. The molecule has 2 aromatic heterocycles. The van der Waals surface area contributed by atoms with Crippen molar-refractivity contribution in [1.82, 2.24) is 20.3 Å². The molecule has 0 spiro atoms. The first-order valence-electron chi connectivity index (χ1n) is 7.75. The second-order valence-electron chi connectivity index (χ2n) is 6.17. The van der Waals surface area contributed by atoms with Crippen LogP contribution in [-0.2, 0) is 17.5 Å². The summed E-state index contributed by atoms with van der Waals surface area (Å²) in [7, 11) is 0. The van der Waals surface area contributed by atoms with Gasteiger partial charge < -0.3 is 10.6 Å². The van der Waals surface area contributed by atoms with Gasteiger partial charge in [-0.25, -0.2) is 9.97 Å². The predicted octanol–water partition coefficient (Wildman–Crippen LogP) is 0.899. The van der Waals surface area contributed by atoms with Gasteiger partial charge >= 0.3 is 6.18 Å². The lowest BCUT2D eigenvalue weighted by molar-refractivity contribution is -0.764. The summed E-state index contributed by atoms with van der Waals surface area (Å²) in [5.41, 5.74) is 0.0841. The number of alkyl halides is 3. The molecule has 1 aliphatic rings. The Balaban J connectivity index is 1.70. The Bertz CT molecular complexity index is 772. The minimum Gasteiger partial charge on any atom is -0.345 e. The molecule has 0 aliphatic carbocycles. The minimum atomic E-state index is -4.48. The van der Waals surface area contributed by atoms with Crippen LogP contribution in [0.3, 0.4) is 0 Å². The third kappa shape index (κ3) is 3.76. The van der Waals surface area contributed by atoms with Gasteiger partial charge in [0.1, 0.15) is 12.0 Å². The molecule has 3 N–H and O–H groups in total. The van der Waals surface area contributed by atoms with Crippen molar-refractivity contribution in [2.45, 2.75) is 31.6 Å². The molecule has 1 fully saturated rings. The van der Waals surface area contributed by atoms with Crippen LogP contribution in [0.2, 0.25) is 0 Å². The van der Waals surface area contributed by atoms with Crippen LogP contribution in [-0.4, -0.2) is 32.9 Å². The zero-order chi connectivity index (χ0) is 18.1. The van der Waals surface area contributed by atoms with Crippen LogP contribution in [0.1, 0.15) is 24.7 Å². The van der Waals surface area contributed by atoms with E-state index in [9.17, 15) is 18.0 Å². The van der Waals surface area contributed by atoms with Crippen LogP contribution in [0.15, 0.2) is 30.7 Å². The van der Waals surface area contributed by atoms with Crippen molar-refractivity contribution in [2.24, 2.45) is 0 Å². The topological polar surface area (TPSA) is 84.4 Å². The minimum absolute atomic E-state index is 0.0601. The molecular formula is C16H17F3N5O+. The Kier molecular flexibility index (Phi) is 4.42. The molecule has 3 rings (SSSR count). The van der Waals surface area contributed by atoms with Crippen LogP contribution >= 0.6 is 0 Å². The molecule has 6 nitrogen and oxygen atoms in total. The number of quaternary nitrogens is 1. The van der Waals surface area contributed by atoms with E-state index in [4.69, 9.17) is 0 Å². The number of amides is 1. The molecule has 2 aromatic rings. The molecule has 25 heavy (non-hydrogen) atoms.